The lowest BCUT2D eigenvalue weighted by atomic mass is 10.6. The molecular weight excluding hydrogens is 124 g/mol. The average molecular weight is 135 g/mol. The third-order valence-electron chi connectivity index (χ3n) is 0.545. The molecule has 0 spiro atoms. The molecule has 0 fully saturated rings. The van der Waals surface area contributed by atoms with Gasteiger partial charge in [-0.15, -0.1) is 0 Å². The van der Waals surface area contributed by atoms with E-state index in [1.165, 1.54) is 0 Å². The highest BCUT2D eigenvalue weighted by molar-refractivity contribution is 4.65. The predicted molar refractivity (Wildman–Crippen MR) is 28.5 cm³/mol. The van der Waals surface area contributed by atoms with E-state index in [0.717, 1.165) is 4.48 Å². The minimum atomic E-state index is 0. The normalized spacial score (nSPS) is 9.25. The topological polar surface area (TPSA) is 23.8 Å². The molecule has 0 saturated heterocycles. The molecule has 48 valence electrons. The Kier molecular flexibility index (Phi) is 4.94. The molecule has 0 radical (unpaired) electrons. The second-order valence-corrected chi connectivity index (χ2v) is 2.61. The zero-order chi connectivity index (χ0) is 5.91. The highest BCUT2D eigenvalue weighted by atomic mass is 35.5. The van der Waals surface area contributed by atoms with Crippen molar-refractivity contribution < 1.29 is 16.9 Å². The van der Waals surface area contributed by atoms with Crippen molar-refractivity contribution in [1.29, 1.82) is 5.26 Å². The van der Waals surface area contributed by atoms with Gasteiger partial charge in [-0.3, -0.25) is 0 Å². The minimum Gasteiger partial charge on any atom is -1.00 e. The van der Waals surface area contributed by atoms with Crippen LogP contribution >= 0.6 is 0 Å². The van der Waals surface area contributed by atoms with Gasteiger partial charge in [-0.05, 0) is 0 Å². The summed E-state index contributed by atoms with van der Waals surface area (Å²) in [4.78, 5) is 0. The van der Waals surface area contributed by atoms with Crippen molar-refractivity contribution in [3.8, 4) is 6.07 Å². The van der Waals surface area contributed by atoms with Gasteiger partial charge in [-0.1, -0.05) is 0 Å². The van der Waals surface area contributed by atoms with E-state index in [0.29, 0.717) is 6.54 Å². The van der Waals surface area contributed by atoms with Crippen LogP contribution in [0, 0.1) is 11.3 Å². The maximum Gasteiger partial charge on any atom is 0.165 e. The Morgan fingerprint density at radius 3 is 1.75 bits per heavy atom. The van der Waals surface area contributed by atoms with Crippen LogP contribution in [0.1, 0.15) is 0 Å². The van der Waals surface area contributed by atoms with E-state index >= 15 is 0 Å². The first kappa shape index (κ1) is 10.7. The van der Waals surface area contributed by atoms with Crippen molar-refractivity contribution >= 4 is 0 Å². The van der Waals surface area contributed by atoms with Gasteiger partial charge < -0.3 is 16.9 Å². The molecule has 0 amide bonds. The average Bonchev–Trinajstić information content (AvgIpc) is 1.30. The summed E-state index contributed by atoms with van der Waals surface area (Å²) in [5.41, 5.74) is 0. The standard InChI is InChI=1S/C5H11N2.ClH/c1-7(2,3)5-4-6;/h5H2,1-3H3;1H/q+1;/p-1. The van der Waals surface area contributed by atoms with Gasteiger partial charge in [0, 0.05) is 0 Å². The van der Waals surface area contributed by atoms with E-state index in [2.05, 4.69) is 6.07 Å². The number of nitrogens with zero attached hydrogens (tertiary/aromatic N) is 2. The van der Waals surface area contributed by atoms with Crippen molar-refractivity contribution in [1.82, 2.24) is 0 Å². The lowest BCUT2D eigenvalue weighted by Gasteiger charge is -2.18. The van der Waals surface area contributed by atoms with E-state index in [1.54, 1.807) is 0 Å². The molecule has 0 N–H and O–H groups in total. The molecule has 0 aliphatic carbocycles. The van der Waals surface area contributed by atoms with E-state index in [4.69, 9.17) is 5.26 Å². The summed E-state index contributed by atoms with van der Waals surface area (Å²) in [5, 5.41) is 8.14. The summed E-state index contributed by atoms with van der Waals surface area (Å²) in [7, 11) is 5.97. The second-order valence-electron chi connectivity index (χ2n) is 2.61. The maximum atomic E-state index is 8.14. The Morgan fingerprint density at radius 2 is 1.75 bits per heavy atom. The summed E-state index contributed by atoms with van der Waals surface area (Å²) in [6.45, 7) is 0.583. The second kappa shape index (κ2) is 3.71. The lowest BCUT2D eigenvalue weighted by Crippen LogP contribution is -3.00. The highest BCUT2D eigenvalue weighted by Gasteiger charge is 2.01. The molecule has 0 aromatic rings. The Morgan fingerprint density at radius 1 is 1.38 bits per heavy atom. The van der Waals surface area contributed by atoms with Gasteiger partial charge in [0.1, 0.15) is 6.07 Å². The van der Waals surface area contributed by atoms with Crippen LogP contribution in [-0.2, 0) is 0 Å². The largest absolute Gasteiger partial charge is 1.00 e. The third-order valence-corrected chi connectivity index (χ3v) is 0.545. The van der Waals surface area contributed by atoms with E-state index in [-0.39, 0.29) is 12.4 Å². The number of halogens is 1. The first-order valence-corrected chi connectivity index (χ1v) is 2.24. The SMILES string of the molecule is C[N+](C)(C)CC#N.[Cl-]. The number of hydrogen-bond donors (Lipinski definition) is 0. The molecule has 0 atom stereocenters. The molecule has 0 aromatic heterocycles. The first-order valence-electron chi connectivity index (χ1n) is 2.24. The maximum absolute atomic E-state index is 8.14. The third kappa shape index (κ3) is 9.22. The van der Waals surface area contributed by atoms with Crippen LogP contribution in [0.2, 0.25) is 0 Å². The van der Waals surface area contributed by atoms with Gasteiger partial charge in [-0.2, -0.15) is 5.26 Å². The fourth-order valence-electron chi connectivity index (χ4n) is 0.212. The molecule has 0 heterocycles. The van der Waals surface area contributed by atoms with Gasteiger partial charge >= 0.3 is 0 Å². The summed E-state index contributed by atoms with van der Waals surface area (Å²) in [6.07, 6.45) is 0. The molecule has 3 heteroatoms. The zero-order valence-electron chi connectivity index (χ0n) is 5.48. The van der Waals surface area contributed by atoms with Gasteiger partial charge in [0.25, 0.3) is 0 Å². The Hall–Kier alpha value is -0.260. The Bertz CT molecular complexity index is 87.6. The van der Waals surface area contributed by atoms with E-state index in [9.17, 15) is 0 Å². The highest BCUT2D eigenvalue weighted by Crippen LogP contribution is 1.84. The Labute approximate surface area is 56.7 Å². The van der Waals surface area contributed by atoms with Crippen molar-refractivity contribution in [3.05, 3.63) is 0 Å². The van der Waals surface area contributed by atoms with Crippen LogP contribution < -0.4 is 12.4 Å². The van der Waals surface area contributed by atoms with Crippen molar-refractivity contribution in [2.24, 2.45) is 0 Å². The Balaban J connectivity index is 0. The van der Waals surface area contributed by atoms with Gasteiger partial charge in [0.15, 0.2) is 6.54 Å². The fraction of sp³-hybridized carbons (Fsp3) is 0.800. The molecule has 0 saturated carbocycles. The van der Waals surface area contributed by atoms with Crippen LogP contribution in [0.15, 0.2) is 0 Å². The molecular formula is C5H11ClN2. The van der Waals surface area contributed by atoms with Crippen molar-refractivity contribution in [3.63, 3.8) is 0 Å². The first-order chi connectivity index (χ1) is 3.06. The van der Waals surface area contributed by atoms with Crippen LogP contribution in [0.3, 0.4) is 0 Å². The molecule has 0 aromatic carbocycles. The van der Waals surface area contributed by atoms with Crippen molar-refractivity contribution in [2.45, 2.75) is 0 Å². The van der Waals surface area contributed by atoms with Crippen LogP contribution in [-0.4, -0.2) is 32.2 Å². The summed E-state index contributed by atoms with van der Waals surface area (Å²) >= 11 is 0. The molecule has 0 aliphatic heterocycles. The van der Waals surface area contributed by atoms with Gasteiger partial charge in [0.05, 0.1) is 21.1 Å². The number of nitriles is 1. The zero-order valence-corrected chi connectivity index (χ0v) is 6.24. The van der Waals surface area contributed by atoms with Gasteiger partial charge in [-0.25, -0.2) is 0 Å². The summed E-state index contributed by atoms with van der Waals surface area (Å²) < 4.78 is 0.733. The molecule has 8 heavy (non-hydrogen) atoms. The van der Waals surface area contributed by atoms with Crippen molar-refractivity contribution in [2.75, 3.05) is 27.7 Å². The lowest BCUT2D eigenvalue weighted by molar-refractivity contribution is -0.863. The van der Waals surface area contributed by atoms with Crippen LogP contribution in [0.5, 0.6) is 0 Å². The smallest absolute Gasteiger partial charge is 0.165 e. The van der Waals surface area contributed by atoms with Crippen LogP contribution in [0.25, 0.3) is 0 Å². The molecule has 0 bridgehead atoms. The molecule has 0 unspecified atom stereocenters. The minimum absolute atomic E-state index is 0. The molecule has 0 rings (SSSR count). The number of hydrogen-bond acceptors (Lipinski definition) is 1. The monoisotopic (exact) mass is 134 g/mol. The molecule has 0 aliphatic rings. The van der Waals surface area contributed by atoms with Gasteiger partial charge in [0.2, 0.25) is 0 Å². The predicted octanol–water partition coefficient (Wildman–Crippen LogP) is -2.78. The number of quaternary nitrogens is 1. The number of rotatable bonds is 1. The van der Waals surface area contributed by atoms with Crippen LogP contribution in [0.4, 0.5) is 0 Å². The fourth-order valence-corrected chi connectivity index (χ4v) is 0.212. The quantitative estimate of drug-likeness (QED) is 0.281. The molecule has 2 nitrogen and oxygen atoms in total. The summed E-state index contributed by atoms with van der Waals surface area (Å²) in [6, 6.07) is 2.08. The van der Waals surface area contributed by atoms with E-state index < -0.39 is 0 Å². The van der Waals surface area contributed by atoms with E-state index in [1.807, 2.05) is 21.1 Å². The summed E-state index contributed by atoms with van der Waals surface area (Å²) in [5.74, 6) is 0.